The van der Waals surface area contributed by atoms with E-state index >= 15 is 0 Å². The Bertz CT molecular complexity index is 2030. The molecule has 0 fully saturated rings. The number of benzene rings is 5. The van der Waals surface area contributed by atoms with E-state index in [2.05, 4.69) is 146 Å². The van der Waals surface area contributed by atoms with Gasteiger partial charge in [-0.3, -0.25) is 0 Å². The molecule has 0 bridgehead atoms. The van der Waals surface area contributed by atoms with E-state index in [0.29, 0.717) is 0 Å². The molecule has 0 saturated carbocycles. The van der Waals surface area contributed by atoms with Crippen LogP contribution in [0.4, 0.5) is 0 Å². The van der Waals surface area contributed by atoms with E-state index in [1.54, 1.807) is 0 Å². The number of thiophene rings is 2. The van der Waals surface area contributed by atoms with Crippen molar-refractivity contribution in [2.45, 2.75) is 0 Å². The van der Waals surface area contributed by atoms with E-state index in [0.717, 1.165) is 22.2 Å². The molecule has 3 heterocycles. The summed E-state index contributed by atoms with van der Waals surface area (Å²) in [5.41, 5.74) is 11.6. The quantitative estimate of drug-likeness (QED) is 0.189. The van der Waals surface area contributed by atoms with Crippen molar-refractivity contribution in [3.05, 3.63) is 146 Å². The summed E-state index contributed by atoms with van der Waals surface area (Å²) in [6.45, 7) is 0. The summed E-state index contributed by atoms with van der Waals surface area (Å²) >= 11 is 4.90. The Hall–Kier alpha value is -4.68. The average Bonchev–Trinajstić information content (AvgIpc) is 3.87. The first kappa shape index (κ1) is 26.0. The highest BCUT2D eigenvalue weighted by Crippen LogP contribution is 2.44. The maximum absolute atomic E-state index is 4.79. The normalized spacial score (nSPS) is 11.3. The Morgan fingerprint density at radius 1 is 0.302 bits per heavy atom. The highest BCUT2D eigenvalue weighted by Gasteiger charge is 2.18. The molecule has 204 valence electrons. The van der Waals surface area contributed by atoms with Crippen LogP contribution in [0.25, 0.3) is 75.0 Å². The third kappa shape index (κ3) is 4.82. The van der Waals surface area contributed by atoms with E-state index in [9.17, 15) is 0 Å². The van der Waals surface area contributed by atoms with Gasteiger partial charge in [0.15, 0.2) is 0 Å². The number of rotatable bonds is 6. The molecule has 0 amide bonds. The summed E-state index contributed by atoms with van der Waals surface area (Å²) in [7, 11) is 0. The Morgan fingerprint density at radius 2 is 0.651 bits per heavy atom. The predicted molar refractivity (Wildman–Crippen MR) is 186 cm³/mol. The summed E-state index contributed by atoms with van der Waals surface area (Å²) in [5.74, 6) is 0. The van der Waals surface area contributed by atoms with Gasteiger partial charge < -0.3 is 0 Å². The van der Waals surface area contributed by atoms with Gasteiger partial charge in [-0.05, 0) is 57.6 Å². The second kappa shape index (κ2) is 11.2. The van der Waals surface area contributed by atoms with Gasteiger partial charge in [0.2, 0.25) is 0 Å². The van der Waals surface area contributed by atoms with Gasteiger partial charge in [-0.1, -0.05) is 121 Å². The fourth-order valence-corrected chi connectivity index (χ4v) is 8.37. The SMILES string of the molecule is c1ccc(-c2ccccc2-c2ccc(-c3ccc(-c4ccc(-c5ccccc5-c5ccccc5)s4)c4nsnc34)s2)cc1. The molecule has 0 aliphatic carbocycles. The average molecular weight is 605 g/mol. The Labute approximate surface area is 262 Å². The van der Waals surface area contributed by atoms with Gasteiger partial charge in [-0.25, -0.2) is 0 Å². The summed E-state index contributed by atoms with van der Waals surface area (Å²) in [4.78, 5) is 4.89. The first-order valence-electron chi connectivity index (χ1n) is 14.1. The number of aromatic nitrogens is 2. The monoisotopic (exact) mass is 604 g/mol. The van der Waals surface area contributed by atoms with Crippen LogP contribution in [0.1, 0.15) is 0 Å². The van der Waals surface area contributed by atoms with Crippen molar-refractivity contribution >= 4 is 45.4 Å². The smallest absolute Gasteiger partial charge is 0.114 e. The molecule has 5 heteroatoms. The molecule has 0 saturated heterocycles. The van der Waals surface area contributed by atoms with Gasteiger partial charge >= 0.3 is 0 Å². The minimum absolute atomic E-state index is 0.965. The van der Waals surface area contributed by atoms with E-state index in [1.165, 1.54) is 64.6 Å². The molecule has 2 nitrogen and oxygen atoms in total. The van der Waals surface area contributed by atoms with Gasteiger partial charge in [-0.15, -0.1) is 22.7 Å². The Kier molecular flexibility index (Phi) is 6.76. The van der Waals surface area contributed by atoms with Crippen molar-refractivity contribution in [2.24, 2.45) is 0 Å². The van der Waals surface area contributed by atoms with Crippen molar-refractivity contribution in [1.29, 1.82) is 0 Å². The molecule has 0 N–H and O–H groups in total. The Balaban J connectivity index is 1.16. The molecule has 0 unspecified atom stereocenters. The predicted octanol–water partition coefficient (Wildman–Crippen LogP) is 11.8. The van der Waals surface area contributed by atoms with Crippen LogP contribution in [0.3, 0.4) is 0 Å². The van der Waals surface area contributed by atoms with Gasteiger partial charge in [0.25, 0.3) is 0 Å². The van der Waals surface area contributed by atoms with Crippen LogP contribution in [-0.2, 0) is 0 Å². The largest absolute Gasteiger partial charge is 0.172 e. The summed E-state index contributed by atoms with van der Waals surface area (Å²) < 4.78 is 9.58. The van der Waals surface area contributed by atoms with Gasteiger partial charge in [0.05, 0.1) is 11.7 Å². The molecular formula is C38H24N2S3. The molecule has 0 atom stereocenters. The zero-order chi connectivity index (χ0) is 28.6. The molecule has 0 aliphatic heterocycles. The number of hydrogen-bond donors (Lipinski definition) is 0. The molecule has 8 rings (SSSR count). The second-order valence-corrected chi connectivity index (χ2v) is 13.0. The van der Waals surface area contributed by atoms with Crippen LogP contribution in [0.2, 0.25) is 0 Å². The third-order valence-corrected chi connectivity index (χ3v) is 10.5. The van der Waals surface area contributed by atoms with Crippen molar-refractivity contribution in [3.63, 3.8) is 0 Å². The number of hydrogen-bond acceptors (Lipinski definition) is 5. The van der Waals surface area contributed by atoms with Crippen LogP contribution in [0.5, 0.6) is 0 Å². The number of fused-ring (bicyclic) bond motifs is 1. The Morgan fingerprint density at radius 3 is 1.07 bits per heavy atom. The summed E-state index contributed by atoms with van der Waals surface area (Å²) in [6, 6.07) is 51.8. The zero-order valence-electron chi connectivity index (χ0n) is 23.0. The lowest BCUT2D eigenvalue weighted by Gasteiger charge is -2.08. The van der Waals surface area contributed by atoms with Crippen molar-refractivity contribution in [3.8, 4) is 64.0 Å². The minimum atomic E-state index is 0.965. The van der Waals surface area contributed by atoms with E-state index in [1.807, 2.05) is 22.7 Å². The lowest BCUT2D eigenvalue weighted by Crippen LogP contribution is -1.82. The van der Waals surface area contributed by atoms with Crippen LogP contribution in [0, 0.1) is 0 Å². The molecular weight excluding hydrogens is 581 g/mol. The highest BCUT2D eigenvalue weighted by atomic mass is 32.1. The van der Waals surface area contributed by atoms with Crippen LogP contribution < -0.4 is 0 Å². The maximum Gasteiger partial charge on any atom is 0.114 e. The molecule has 0 spiro atoms. The number of nitrogens with zero attached hydrogens (tertiary/aromatic N) is 2. The minimum Gasteiger partial charge on any atom is -0.172 e. The summed E-state index contributed by atoms with van der Waals surface area (Å²) in [6.07, 6.45) is 0. The van der Waals surface area contributed by atoms with E-state index in [4.69, 9.17) is 8.75 Å². The molecule has 8 aromatic rings. The van der Waals surface area contributed by atoms with Crippen molar-refractivity contribution in [2.75, 3.05) is 0 Å². The lowest BCUT2D eigenvalue weighted by atomic mass is 9.99. The van der Waals surface area contributed by atoms with Gasteiger partial charge in [0.1, 0.15) is 11.0 Å². The topological polar surface area (TPSA) is 25.8 Å². The first-order chi connectivity index (χ1) is 21.3. The van der Waals surface area contributed by atoms with Crippen LogP contribution >= 0.6 is 34.4 Å². The van der Waals surface area contributed by atoms with Crippen LogP contribution in [-0.4, -0.2) is 8.75 Å². The maximum atomic E-state index is 4.79. The van der Waals surface area contributed by atoms with Crippen molar-refractivity contribution < 1.29 is 0 Å². The van der Waals surface area contributed by atoms with Gasteiger partial charge in [0, 0.05) is 30.6 Å². The standard InChI is InChI=1S/C38H24N2S3/c1-3-11-25(12-4-1)27-15-7-9-17-29(27)33-21-23-35(41-33)31-19-20-32(38-37(31)39-43-40-38)36-24-22-34(42-36)30-18-10-8-16-28(30)26-13-5-2-6-14-26/h1-24H. The highest BCUT2D eigenvalue weighted by molar-refractivity contribution is 7.19. The fourth-order valence-electron chi connectivity index (χ4n) is 5.65. The van der Waals surface area contributed by atoms with E-state index in [-0.39, 0.29) is 0 Å². The van der Waals surface area contributed by atoms with E-state index < -0.39 is 0 Å². The van der Waals surface area contributed by atoms with Gasteiger partial charge in [-0.2, -0.15) is 8.75 Å². The zero-order valence-corrected chi connectivity index (χ0v) is 25.4. The first-order valence-corrected chi connectivity index (χ1v) is 16.5. The summed E-state index contributed by atoms with van der Waals surface area (Å²) in [5, 5.41) is 0. The molecule has 43 heavy (non-hydrogen) atoms. The van der Waals surface area contributed by atoms with Crippen LogP contribution in [0.15, 0.2) is 146 Å². The fraction of sp³-hybridized carbons (Fsp3) is 0. The second-order valence-electron chi connectivity index (χ2n) is 10.3. The molecule has 5 aromatic carbocycles. The molecule has 0 aliphatic rings. The lowest BCUT2D eigenvalue weighted by molar-refractivity contribution is 1.61. The molecule has 3 aromatic heterocycles. The van der Waals surface area contributed by atoms with Crippen molar-refractivity contribution in [1.82, 2.24) is 8.75 Å². The molecule has 0 radical (unpaired) electrons. The third-order valence-electron chi connectivity index (χ3n) is 7.71.